The third kappa shape index (κ3) is 6.43. The zero-order valence-corrected chi connectivity index (χ0v) is 17.5. The lowest BCUT2D eigenvalue weighted by molar-refractivity contribution is 0.443. The minimum atomic E-state index is -3.20. The van der Waals surface area contributed by atoms with Crippen molar-refractivity contribution in [2.45, 2.75) is 27.3 Å². The zero-order valence-electron chi connectivity index (χ0n) is 15.0. The van der Waals surface area contributed by atoms with Crippen molar-refractivity contribution in [2.75, 3.05) is 43.4 Å². The molecule has 0 saturated carbocycles. The Balaban J connectivity index is 1.86. The van der Waals surface area contributed by atoms with Crippen LogP contribution in [0.2, 0.25) is 0 Å². The third-order valence-corrected chi connectivity index (χ3v) is 7.68. The molecule has 2 heterocycles. The van der Waals surface area contributed by atoms with Crippen molar-refractivity contribution in [3.63, 3.8) is 0 Å². The van der Waals surface area contributed by atoms with Gasteiger partial charge >= 0.3 is 0 Å². The molecule has 0 aliphatic carbocycles. The molecule has 25 heavy (non-hydrogen) atoms. The van der Waals surface area contributed by atoms with Gasteiger partial charge in [-0.3, -0.25) is 0 Å². The van der Waals surface area contributed by atoms with Crippen molar-refractivity contribution in [3.8, 4) is 0 Å². The minimum Gasteiger partial charge on any atom is -0.357 e. The van der Waals surface area contributed by atoms with E-state index in [1.54, 1.807) is 27.4 Å². The van der Waals surface area contributed by atoms with Gasteiger partial charge in [-0.15, -0.1) is 11.3 Å². The molecule has 1 aliphatic heterocycles. The summed E-state index contributed by atoms with van der Waals surface area (Å²) in [4.78, 5) is 10.2. The van der Waals surface area contributed by atoms with E-state index >= 15 is 0 Å². The second-order valence-electron chi connectivity index (χ2n) is 5.70. The van der Waals surface area contributed by atoms with Crippen LogP contribution in [0.4, 0.5) is 0 Å². The van der Waals surface area contributed by atoms with Crippen LogP contribution in [0.25, 0.3) is 0 Å². The summed E-state index contributed by atoms with van der Waals surface area (Å²) in [5.41, 5.74) is 1.04. The van der Waals surface area contributed by atoms with Gasteiger partial charge in [-0.25, -0.2) is 22.7 Å². The van der Waals surface area contributed by atoms with Crippen molar-refractivity contribution < 1.29 is 8.42 Å². The first kappa shape index (κ1) is 20.5. The van der Waals surface area contributed by atoms with E-state index in [2.05, 4.69) is 20.6 Å². The van der Waals surface area contributed by atoms with Gasteiger partial charge in [0.05, 0.1) is 18.0 Å². The highest BCUT2D eigenvalue weighted by molar-refractivity contribution is 7.99. The van der Waals surface area contributed by atoms with Crippen molar-refractivity contribution >= 4 is 39.1 Å². The second-order valence-corrected chi connectivity index (χ2v) is 10.3. The van der Waals surface area contributed by atoms with Crippen LogP contribution in [-0.2, 0) is 16.6 Å². The molecule has 142 valence electrons. The standard InChI is InChI=1S/C15H27N5O2S3/c1-4-16-15(18-11-14-19-12(2)13(3)24-14)17-5-10-25(21,22)20-6-8-23-9-7-20/h4-11H2,1-3H3,(H2,16,17,18). The van der Waals surface area contributed by atoms with Crippen molar-refractivity contribution in [1.29, 1.82) is 0 Å². The van der Waals surface area contributed by atoms with Crippen molar-refractivity contribution in [3.05, 3.63) is 15.6 Å². The number of guanidine groups is 1. The number of aliphatic imine (C=N–C) groups is 1. The first-order chi connectivity index (χ1) is 11.9. The zero-order chi connectivity index (χ0) is 18.3. The number of hydrogen-bond acceptors (Lipinski definition) is 6. The molecule has 0 aromatic carbocycles. The van der Waals surface area contributed by atoms with Gasteiger partial charge in [0.2, 0.25) is 10.0 Å². The van der Waals surface area contributed by atoms with E-state index in [-0.39, 0.29) is 5.75 Å². The number of thiazole rings is 1. The fraction of sp³-hybridized carbons (Fsp3) is 0.733. The first-order valence-electron chi connectivity index (χ1n) is 8.43. The predicted octanol–water partition coefficient (Wildman–Crippen LogP) is 1.19. The minimum absolute atomic E-state index is 0.0809. The third-order valence-electron chi connectivity index (χ3n) is 3.81. The van der Waals surface area contributed by atoms with Crippen LogP contribution >= 0.6 is 23.1 Å². The summed E-state index contributed by atoms with van der Waals surface area (Å²) in [7, 11) is -3.20. The number of aryl methyl sites for hydroxylation is 2. The number of thioether (sulfide) groups is 1. The molecule has 1 aromatic heterocycles. The highest BCUT2D eigenvalue weighted by atomic mass is 32.2. The van der Waals surface area contributed by atoms with Crippen LogP contribution in [0.5, 0.6) is 0 Å². The lowest BCUT2D eigenvalue weighted by Gasteiger charge is -2.25. The van der Waals surface area contributed by atoms with Crippen LogP contribution in [0.15, 0.2) is 4.99 Å². The number of nitrogens with zero attached hydrogens (tertiary/aromatic N) is 3. The Labute approximate surface area is 158 Å². The molecule has 10 heteroatoms. The van der Waals surface area contributed by atoms with E-state index in [0.717, 1.165) is 28.8 Å². The molecule has 0 bridgehead atoms. The van der Waals surface area contributed by atoms with Gasteiger partial charge in [-0.2, -0.15) is 11.8 Å². The summed E-state index contributed by atoms with van der Waals surface area (Å²) >= 11 is 3.44. The van der Waals surface area contributed by atoms with Gasteiger partial charge in [-0.05, 0) is 20.8 Å². The lowest BCUT2D eigenvalue weighted by atomic mass is 10.4. The first-order valence-corrected chi connectivity index (χ1v) is 12.0. The van der Waals surface area contributed by atoms with Crippen LogP contribution in [-0.4, -0.2) is 67.1 Å². The molecule has 0 atom stereocenters. The summed E-state index contributed by atoms with van der Waals surface area (Å²) in [5.74, 6) is 2.46. The number of hydrogen-bond donors (Lipinski definition) is 2. The molecule has 1 aromatic rings. The van der Waals surface area contributed by atoms with Gasteiger partial charge in [0.1, 0.15) is 5.01 Å². The maximum Gasteiger partial charge on any atom is 0.215 e. The van der Waals surface area contributed by atoms with E-state index in [1.165, 1.54) is 4.88 Å². The van der Waals surface area contributed by atoms with E-state index in [9.17, 15) is 8.42 Å². The molecule has 2 rings (SSSR count). The summed E-state index contributed by atoms with van der Waals surface area (Å²) < 4.78 is 26.3. The molecule has 1 aliphatic rings. The summed E-state index contributed by atoms with van der Waals surface area (Å²) in [6, 6.07) is 0. The van der Waals surface area contributed by atoms with E-state index in [4.69, 9.17) is 0 Å². The maximum atomic E-state index is 12.4. The number of nitrogens with one attached hydrogen (secondary N) is 2. The summed E-state index contributed by atoms with van der Waals surface area (Å²) in [5, 5.41) is 7.22. The van der Waals surface area contributed by atoms with E-state index in [1.807, 2.05) is 20.8 Å². The molecular weight excluding hydrogens is 378 g/mol. The summed E-state index contributed by atoms with van der Waals surface area (Å²) in [6.07, 6.45) is 0. The quantitative estimate of drug-likeness (QED) is 0.524. The van der Waals surface area contributed by atoms with Crippen LogP contribution in [0.1, 0.15) is 22.5 Å². The lowest BCUT2D eigenvalue weighted by Crippen LogP contribution is -2.44. The SMILES string of the molecule is CCNC(=NCc1nc(C)c(C)s1)NCCS(=O)(=O)N1CCSCC1. The Morgan fingerprint density at radius 1 is 1.28 bits per heavy atom. The molecule has 0 radical (unpaired) electrons. The Morgan fingerprint density at radius 3 is 2.60 bits per heavy atom. The maximum absolute atomic E-state index is 12.4. The molecule has 1 fully saturated rings. The predicted molar refractivity (Wildman–Crippen MR) is 107 cm³/mol. The highest BCUT2D eigenvalue weighted by Crippen LogP contribution is 2.17. The van der Waals surface area contributed by atoms with Gasteiger partial charge in [0, 0.05) is 42.6 Å². The molecule has 2 N–H and O–H groups in total. The molecule has 0 unspecified atom stereocenters. The van der Waals surface area contributed by atoms with E-state index in [0.29, 0.717) is 32.1 Å². The normalized spacial score (nSPS) is 16.8. The molecule has 0 spiro atoms. The van der Waals surface area contributed by atoms with Crippen molar-refractivity contribution in [2.24, 2.45) is 4.99 Å². The topological polar surface area (TPSA) is 86.7 Å². The van der Waals surface area contributed by atoms with E-state index < -0.39 is 10.0 Å². The van der Waals surface area contributed by atoms with Crippen LogP contribution in [0.3, 0.4) is 0 Å². The number of rotatable bonds is 7. The fourth-order valence-electron chi connectivity index (χ4n) is 2.35. The Hall–Kier alpha value is -0.840. The van der Waals surface area contributed by atoms with Gasteiger partial charge < -0.3 is 10.6 Å². The highest BCUT2D eigenvalue weighted by Gasteiger charge is 2.23. The van der Waals surface area contributed by atoms with Gasteiger partial charge in [0.15, 0.2) is 5.96 Å². The molecule has 0 amide bonds. The Kier molecular flexibility index (Phi) is 7.98. The molecule has 1 saturated heterocycles. The number of aromatic nitrogens is 1. The van der Waals surface area contributed by atoms with Crippen molar-refractivity contribution in [1.82, 2.24) is 19.9 Å². The Bertz CT molecular complexity index is 662. The van der Waals surface area contributed by atoms with Gasteiger partial charge in [-0.1, -0.05) is 0 Å². The molecular formula is C15H27N5O2S3. The summed E-state index contributed by atoms with van der Waals surface area (Å²) in [6.45, 7) is 8.81. The average molecular weight is 406 g/mol. The van der Waals surface area contributed by atoms with Crippen LogP contribution in [0, 0.1) is 13.8 Å². The second kappa shape index (κ2) is 9.75. The Morgan fingerprint density at radius 2 is 2.00 bits per heavy atom. The smallest absolute Gasteiger partial charge is 0.215 e. The molecule has 7 nitrogen and oxygen atoms in total. The fourth-order valence-corrected chi connectivity index (χ4v) is 5.70. The number of sulfonamides is 1. The monoisotopic (exact) mass is 405 g/mol. The van der Waals surface area contributed by atoms with Gasteiger partial charge in [0.25, 0.3) is 0 Å². The van der Waals surface area contributed by atoms with Crippen LogP contribution < -0.4 is 10.6 Å². The largest absolute Gasteiger partial charge is 0.357 e. The average Bonchev–Trinajstić information content (AvgIpc) is 2.91.